The smallest absolute Gasteiger partial charge is 0.277 e. The topological polar surface area (TPSA) is 80.9 Å². The number of carbonyl (C=O) groups is 1. The number of benzene rings is 1. The van der Waals surface area contributed by atoms with Crippen molar-refractivity contribution in [3.8, 4) is 11.5 Å². The monoisotopic (exact) mass is 362 g/mol. The first-order chi connectivity index (χ1) is 12.0. The third-order valence-corrected chi connectivity index (χ3v) is 4.08. The summed E-state index contributed by atoms with van der Waals surface area (Å²) in [4.78, 5) is 16.1. The molecule has 9 heteroatoms. The number of hydrogen-bond acceptors (Lipinski definition) is 6. The van der Waals surface area contributed by atoms with Gasteiger partial charge in [0.05, 0.1) is 10.8 Å². The summed E-state index contributed by atoms with van der Waals surface area (Å²) < 4.78 is 31.6. The lowest BCUT2D eigenvalue weighted by molar-refractivity contribution is -0.115. The molecule has 0 unspecified atom stereocenters. The second-order valence-corrected chi connectivity index (χ2v) is 6.29. The second kappa shape index (κ2) is 7.39. The molecule has 0 spiro atoms. The van der Waals surface area contributed by atoms with E-state index in [0.29, 0.717) is 11.5 Å². The molecule has 3 rings (SSSR count). The van der Waals surface area contributed by atoms with Crippen LogP contribution in [0.3, 0.4) is 0 Å². The van der Waals surface area contributed by atoms with Gasteiger partial charge in [-0.2, -0.15) is 0 Å². The number of nitrogens with one attached hydrogen (secondary N) is 1. The van der Waals surface area contributed by atoms with Crippen LogP contribution >= 0.6 is 11.8 Å². The number of thioether (sulfide) groups is 1. The first kappa shape index (κ1) is 17.0. The Labute approximate surface area is 145 Å². The summed E-state index contributed by atoms with van der Waals surface area (Å²) in [5, 5.41) is 9.91. The normalized spacial score (nSPS) is 12.0. The number of hydrogen-bond donors (Lipinski definition) is 1. The van der Waals surface area contributed by atoms with Crippen LogP contribution in [0, 0.1) is 11.6 Å². The summed E-state index contributed by atoms with van der Waals surface area (Å²) in [5.74, 6) is -2.12. The van der Waals surface area contributed by atoms with E-state index in [1.54, 1.807) is 31.5 Å². The molecule has 0 saturated carbocycles. The van der Waals surface area contributed by atoms with Crippen LogP contribution in [0.5, 0.6) is 0 Å². The summed E-state index contributed by atoms with van der Waals surface area (Å²) in [6.07, 6.45) is 3.21. The van der Waals surface area contributed by atoms with Gasteiger partial charge in [-0.3, -0.25) is 9.78 Å². The Balaban J connectivity index is 1.63. The maximum absolute atomic E-state index is 13.2. The van der Waals surface area contributed by atoms with Crippen LogP contribution in [0.1, 0.15) is 6.92 Å². The SMILES string of the molecule is C[C@H](Sc1nnc(-c2cccnc2)o1)C(=O)Nc1ccc(F)c(F)c1. The van der Waals surface area contributed by atoms with Gasteiger partial charge in [0.2, 0.25) is 11.8 Å². The molecule has 0 aliphatic heterocycles. The molecule has 0 bridgehead atoms. The Kier molecular flexibility index (Phi) is 5.03. The van der Waals surface area contributed by atoms with Gasteiger partial charge in [0.15, 0.2) is 11.6 Å². The van der Waals surface area contributed by atoms with Crippen molar-refractivity contribution >= 4 is 23.4 Å². The average molecular weight is 362 g/mol. The van der Waals surface area contributed by atoms with Crippen molar-refractivity contribution in [1.29, 1.82) is 0 Å². The number of pyridine rings is 1. The van der Waals surface area contributed by atoms with Crippen molar-refractivity contribution in [1.82, 2.24) is 15.2 Å². The Morgan fingerprint density at radius 3 is 2.80 bits per heavy atom. The molecular formula is C16H12F2N4O2S. The molecular weight excluding hydrogens is 350 g/mol. The number of rotatable bonds is 5. The molecule has 0 fully saturated rings. The standard InChI is InChI=1S/C16H12F2N4O2S/c1-9(14(23)20-11-4-5-12(17)13(18)7-11)25-16-22-21-15(24-16)10-3-2-6-19-8-10/h2-9H,1H3,(H,20,23)/t9-/m0/s1. The summed E-state index contributed by atoms with van der Waals surface area (Å²) in [6, 6.07) is 6.65. The highest BCUT2D eigenvalue weighted by atomic mass is 32.2. The molecule has 128 valence electrons. The Morgan fingerprint density at radius 1 is 1.24 bits per heavy atom. The van der Waals surface area contributed by atoms with Crippen LogP contribution in [0.2, 0.25) is 0 Å². The fourth-order valence-corrected chi connectivity index (χ4v) is 2.57. The summed E-state index contributed by atoms with van der Waals surface area (Å²) in [5.41, 5.74) is 0.832. The van der Waals surface area contributed by atoms with Gasteiger partial charge in [-0.15, -0.1) is 10.2 Å². The first-order valence-electron chi connectivity index (χ1n) is 7.19. The van der Waals surface area contributed by atoms with Crippen molar-refractivity contribution in [2.45, 2.75) is 17.4 Å². The van der Waals surface area contributed by atoms with Gasteiger partial charge >= 0.3 is 0 Å². The van der Waals surface area contributed by atoms with E-state index in [9.17, 15) is 13.6 Å². The van der Waals surface area contributed by atoms with Crippen molar-refractivity contribution in [3.05, 3.63) is 54.4 Å². The van der Waals surface area contributed by atoms with Crippen LogP contribution in [0.15, 0.2) is 52.4 Å². The Hall–Kier alpha value is -2.81. The fraction of sp³-hybridized carbons (Fsp3) is 0.125. The molecule has 3 aromatic rings. The molecule has 25 heavy (non-hydrogen) atoms. The van der Waals surface area contributed by atoms with Gasteiger partial charge in [0.1, 0.15) is 0 Å². The zero-order valence-corrected chi connectivity index (χ0v) is 13.8. The van der Waals surface area contributed by atoms with Crippen molar-refractivity contribution in [2.24, 2.45) is 0 Å². The lowest BCUT2D eigenvalue weighted by Crippen LogP contribution is -2.22. The minimum absolute atomic E-state index is 0.165. The first-order valence-corrected chi connectivity index (χ1v) is 8.07. The molecule has 2 aromatic heterocycles. The molecule has 0 saturated heterocycles. The molecule has 1 aromatic carbocycles. The molecule has 0 aliphatic carbocycles. The average Bonchev–Trinajstić information content (AvgIpc) is 3.07. The number of carbonyl (C=O) groups excluding carboxylic acids is 1. The summed E-state index contributed by atoms with van der Waals surface area (Å²) in [7, 11) is 0. The minimum Gasteiger partial charge on any atom is -0.411 e. The van der Waals surface area contributed by atoms with Crippen molar-refractivity contribution in [3.63, 3.8) is 0 Å². The maximum atomic E-state index is 13.2. The third-order valence-electron chi connectivity index (χ3n) is 3.15. The van der Waals surface area contributed by atoms with E-state index < -0.39 is 22.8 Å². The number of amides is 1. The molecule has 6 nitrogen and oxygen atoms in total. The quantitative estimate of drug-likeness (QED) is 0.700. The number of halogens is 2. The van der Waals surface area contributed by atoms with Crippen molar-refractivity contribution in [2.75, 3.05) is 5.32 Å². The van der Waals surface area contributed by atoms with E-state index in [4.69, 9.17) is 4.42 Å². The highest BCUT2D eigenvalue weighted by Gasteiger charge is 2.19. The largest absolute Gasteiger partial charge is 0.411 e. The van der Waals surface area contributed by atoms with E-state index in [0.717, 1.165) is 23.9 Å². The Bertz CT molecular complexity index is 889. The molecule has 0 radical (unpaired) electrons. The lowest BCUT2D eigenvalue weighted by atomic mass is 10.3. The van der Waals surface area contributed by atoms with E-state index in [2.05, 4.69) is 20.5 Å². The van der Waals surface area contributed by atoms with E-state index in [1.807, 2.05) is 0 Å². The molecule has 2 heterocycles. The second-order valence-electron chi connectivity index (χ2n) is 4.99. The van der Waals surface area contributed by atoms with Gasteiger partial charge in [-0.1, -0.05) is 11.8 Å². The minimum atomic E-state index is -1.03. The summed E-state index contributed by atoms with van der Waals surface area (Å²) in [6.45, 7) is 1.63. The van der Waals surface area contributed by atoms with Gasteiger partial charge in [-0.25, -0.2) is 8.78 Å². The maximum Gasteiger partial charge on any atom is 0.277 e. The molecule has 1 N–H and O–H groups in total. The van der Waals surface area contributed by atoms with Crippen LogP contribution < -0.4 is 5.32 Å². The number of aromatic nitrogens is 3. The van der Waals surface area contributed by atoms with Gasteiger partial charge in [0.25, 0.3) is 5.22 Å². The highest BCUT2D eigenvalue weighted by molar-refractivity contribution is 8.00. The number of nitrogens with zero attached hydrogens (tertiary/aromatic N) is 3. The highest BCUT2D eigenvalue weighted by Crippen LogP contribution is 2.26. The third kappa shape index (κ3) is 4.18. The zero-order valence-electron chi connectivity index (χ0n) is 12.9. The van der Waals surface area contributed by atoms with Gasteiger partial charge in [0, 0.05) is 24.1 Å². The van der Waals surface area contributed by atoms with Crippen LogP contribution in [-0.2, 0) is 4.79 Å². The van der Waals surface area contributed by atoms with Crippen LogP contribution in [0.4, 0.5) is 14.5 Å². The van der Waals surface area contributed by atoms with E-state index in [-0.39, 0.29) is 10.9 Å². The molecule has 1 amide bonds. The molecule has 1 atom stereocenters. The van der Waals surface area contributed by atoms with E-state index >= 15 is 0 Å². The van der Waals surface area contributed by atoms with Crippen molar-refractivity contribution < 1.29 is 18.0 Å². The summed E-state index contributed by atoms with van der Waals surface area (Å²) >= 11 is 1.05. The predicted molar refractivity (Wildman–Crippen MR) is 87.8 cm³/mol. The van der Waals surface area contributed by atoms with Crippen LogP contribution in [-0.4, -0.2) is 26.3 Å². The number of anilines is 1. The van der Waals surface area contributed by atoms with Gasteiger partial charge in [-0.05, 0) is 31.2 Å². The fourth-order valence-electron chi connectivity index (χ4n) is 1.89. The van der Waals surface area contributed by atoms with E-state index in [1.165, 1.54) is 6.07 Å². The lowest BCUT2D eigenvalue weighted by Gasteiger charge is -2.10. The zero-order chi connectivity index (χ0) is 17.8. The Morgan fingerprint density at radius 2 is 2.08 bits per heavy atom. The van der Waals surface area contributed by atoms with Crippen LogP contribution in [0.25, 0.3) is 11.5 Å². The predicted octanol–water partition coefficient (Wildman–Crippen LogP) is 3.53. The molecule has 0 aliphatic rings. The van der Waals surface area contributed by atoms with Gasteiger partial charge < -0.3 is 9.73 Å².